The van der Waals surface area contributed by atoms with E-state index < -0.39 is 35.5 Å². The van der Waals surface area contributed by atoms with Crippen molar-refractivity contribution in [2.75, 3.05) is 0 Å². The molecule has 0 saturated carbocycles. The molecule has 0 aliphatic carbocycles. The number of primary amides is 1. The Morgan fingerprint density at radius 3 is 2.50 bits per heavy atom. The van der Waals surface area contributed by atoms with E-state index in [2.05, 4.69) is 30.3 Å². The van der Waals surface area contributed by atoms with Crippen LogP contribution in [-0.4, -0.2) is 48.3 Å². The zero-order valence-corrected chi connectivity index (χ0v) is 20.6. The van der Waals surface area contributed by atoms with E-state index in [1.54, 1.807) is 25.1 Å². The van der Waals surface area contributed by atoms with Gasteiger partial charge >= 0.3 is 11.7 Å². The molecule has 5 rings (SSSR count). The number of aryl methyl sites for hydroxylation is 1. The smallest absolute Gasteiger partial charge is 0.448 e. The van der Waals surface area contributed by atoms with Gasteiger partial charge in [-0.25, -0.2) is 24.0 Å². The highest BCUT2D eigenvalue weighted by atomic mass is 16.5. The van der Waals surface area contributed by atoms with E-state index in [4.69, 9.17) is 15.3 Å². The monoisotopic (exact) mass is 545 g/mol. The van der Waals surface area contributed by atoms with E-state index >= 15 is 0 Å². The minimum absolute atomic E-state index is 0.0337. The fourth-order valence-electron chi connectivity index (χ4n) is 3.95. The number of nitrogens with one attached hydrogen (secondary N) is 2. The number of carbonyl (C=O) groups excluding carboxylic acids is 3. The number of oxazole rings is 1. The van der Waals surface area contributed by atoms with Crippen molar-refractivity contribution in [3.05, 3.63) is 93.1 Å². The second-order valence-electron chi connectivity index (χ2n) is 8.56. The molecule has 3 aromatic heterocycles. The van der Waals surface area contributed by atoms with Crippen molar-refractivity contribution >= 4 is 40.6 Å². The third-order valence-electron chi connectivity index (χ3n) is 5.85. The molecular weight excluding hydrogens is 526 g/mol. The molecule has 0 aliphatic rings. The van der Waals surface area contributed by atoms with Gasteiger partial charge in [0.1, 0.15) is 22.9 Å². The highest BCUT2D eigenvalue weighted by Crippen LogP contribution is 2.18. The Morgan fingerprint density at radius 2 is 1.80 bits per heavy atom. The maximum absolute atomic E-state index is 13.1. The predicted octanol–water partition coefficient (Wildman–Crippen LogP) is 0.717. The zero-order valence-electron chi connectivity index (χ0n) is 20.6. The van der Waals surface area contributed by atoms with Gasteiger partial charge in [0.2, 0.25) is 5.91 Å². The Morgan fingerprint density at radius 1 is 1.05 bits per heavy atom. The van der Waals surface area contributed by atoms with Crippen LogP contribution in [0.3, 0.4) is 0 Å². The first-order chi connectivity index (χ1) is 19.1. The number of fused-ring (bicyclic) bond motifs is 2. The third-order valence-corrected chi connectivity index (χ3v) is 5.85. The number of aromatic nitrogens is 4. The Bertz CT molecular complexity index is 1870. The standard InChI is InChI=1S/C25H19N7O8/c1-11-28-15-8-12(2-7-18(15)39-11)10-27-22(35)17-9-16(29-24-31-40-25(38)32(17)24)21(34)30-19(20(26)33)13-3-5-14(6-4-13)23(36)37/h2-9,19H,10H2,1H3,(H2,26,33)(H,27,35)(H,30,34)(H,36,37)/t19-/m1/s1. The molecule has 3 heterocycles. The van der Waals surface area contributed by atoms with E-state index in [1.165, 1.54) is 24.3 Å². The number of nitrogens with two attached hydrogens (primary N) is 1. The maximum Gasteiger partial charge on any atom is 0.448 e. The van der Waals surface area contributed by atoms with Crippen LogP contribution in [0.4, 0.5) is 0 Å². The van der Waals surface area contributed by atoms with E-state index in [9.17, 15) is 24.0 Å². The number of aromatic carboxylic acids is 1. The first kappa shape index (κ1) is 25.8. The summed E-state index contributed by atoms with van der Waals surface area (Å²) in [4.78, 5) is 69.8. The van der Waals surface area contributed by atoms with Gasteiger partial charge in [-0.1, -0.05) is 18.2 Å². The highest BCUT2D eigenvalue weighted by Gasteiger charge is 2.25. The Hall–Kier alpha value is -5.86. The predicted molar refractivity (Wildman–Crippen MR) is 134 cm³/mol. The van der Waals surface area contributed by atoms with Crippen LogP contribution in [0.1, 0.15) is 54.4 Å². The molecule has 0 bridgehead atoms. The van der Waals surface area contributed by atoms with Crippen LogP contribution in [0, 0.1) is 6.92 Å². The summed E-state index contributed by atoms with van der Waals surface area (Å²) in [6.07, 6.45) is 0. The summed E-state index contributed by atoms with van der Waals surface area (Å²) in [5, 5.41) is 17.6. The van der Waals surface area contributed by atoms with Gasteiger partial charge in [-0.2, -0.15) is 0 Å². The van der Waals surface area contributed by atoms with Crippen molar-refractivity contribution in [3.8, 4) is 0 Å². The van der Waals surface area contributed by atoms with Crippen LogP contribution < -0.4 is 22.1 Å². The lowest BCUT2D eigenvalue weighted by molar-refractivity contribution is -0.120. The second-order valence-corrected chi connectivity index (χ2v) is 8.56. The quantitative estimate of drug-likeness (QED) is 0.212. The number of rotatable bonds is 8. The van der Waals surface area contributed by atoms with Gasteiger partial charge in [0.25, 0.3) is 17.6 Å². The minimum atomic E-state index is -1.36. The second kappa shape index (κ2) is 10.1. The summed E-state index contributed by atoms with van der Waals surface area (Å²) >= 11 is 0. The molecular formula is C25H19N7O8. The van der Waals surface area contributed by atoms with Gasteiger partial charge in [-0.05, 0) is 46.6 Å². The van der Waals surface area contributed by atoms with E-state index in [1.807, 2.05) is 0 Å². The van der Waals surface area contributed by atoms with Crippen LogP contribution >= 0.6 is 0 Å². The lowest BCUT2D eigenvalue weighted by atomic mass is 10.0. The number of benzene rings is 2. The molecule has 0 saturated heterocycles. The average molecular weight is 545 g/mol. The molecule has 1 atom stereocenters. The minimum Gasteiger partial charge on any atom is -0.478 e. The van der Waals surface area contributed by atoms with Gasteiger partial charge in [0, 0.05) is 13.5 Å². The Balaban J connectivity index is 1.41. The Kier molecular flexibility index (Phi) is 6.53. The number of carbonyl (C=O) groups is 4. The molecule has 40 heavy (non-hydrogen) atoms. The summed E-state index contributed by atoms with van der Waals surface area (Å²) in [6.45, 7) is 1.75. The number of hydrogen-bond acceptors (Lipinski definition) is 10. The molecule has 0 fully saturated rings. The van der Waals surface area contributed by atoms with E-state index in [0.29, 0.717) is 22.6 Å². The van der Waals surface area contributed by atoms with Crippen LogP contribution in [0.2, 0.25) is 0 Å². The molecule has 202 valence electrons. The van der Waals surface area contributed by atoms with Crippen LogP contribution in [0.25, 0.3) is 16.9 Å². The van der Waals surface area contributed by atoms with Gasteiger partial charge in [0.15, 0.2) is 11.5 Å². The normalized spacial score (nSPS) is 11.8. The molecule has 5 N–H and O–H groups in total. The van der Waals surface area contributed by atoms with Crippen molar-refractivity contribution in [3.63, 3.8) is 0 Å². The maximum atomic E-state index is 13.1. The SMILES string of the molecule is Cc1nc2cc(CNC(=O)c3cc(C(=O)N[C@@H](C(N)=O)c4ccc(C(=O)O)cc4)nc4noc(=O)n34)ccc2o1. The first-order valence-corrected chi connectivity index (χ1v) is 11.6. The molecule has 0 unspecified atom stereocenters. The Labute approximate surface area is 222 Å². The van der Waals surface area contributed by atoms with Gasteiger partial charge in [-0.15, -0.1) is 0 Å². The number of carboxylic acids is 1. The molecule has 5 aromatic rings. The topological polar surface area (TPSA) is 225 Å². The van der Waals surface area contributed by atoms with Crippen LogP contribution in [-0.2, 0) is 11.3 Å². The van der Waals surface area contributed by atoms with Gasteiger partial charge < -0.3 is 25.9 Å². The summed E-state index contributed by atoms with van der Waals surface area (Å²) in [6, 6.07) is 9.97. The molecule has 0 aliphatic heterocycles. The highest BCUT2D eigenvalue weighted by molar-refractivity contribution is 6.00. The van der Waals surface area contributed by atoms with Gasteiger partial charge in [0.05, 0.1) is 5.56 Å². The fourth-order valence-corrected chi connectivity index (χ4v) is 3.95. The summed E-state index contributed by atoms with van der Waals surface area (Å²) < 4.78 is 10.8. The molecule has 15 heteroatoms. The zero-order chi connectivity index (χ0) is 28.6. The molecule has 2 aromatic carbocycles. The number of hydrogen-bond donors (Lipinski definition) is 4. The third kappa shape index (κ3) is 4.98. The number of amides is 3. The number of nitrogens with zero attached hydrogens (tertiary/aromatic N) is 4. The van der Waals surface area contributed by atoms with Gasteiger partial charge in [-0.3, -0.25) is 18.9 Å². The number of carboxylic acid groups (broad SMARTS) is 1. The average Bonchev–Trinajstić information content (AvgIpc) is 3.50. The molecule has 3 amide bonds. The van der Waals surface area contributed by atoms with Crippen molar-refractivity contribution in [1.82, 2.24) is 30.2 Å². The first-order valence-electron chi connectivity index (χ1n) is 11.6. The largest absolute Gasteiger partial charge is 0.478 e. The molecule has 0 spiro atoms. The lowest BCUT2D eigenvalue weighted by Crippen LogP contribution is -2.38. The summed E-state index contributed by atoms with van der Waals surface area (Å²) in [7, 11) is 0. The lowest BCUT2D eigenvalue weighted by Gasteiger charge is -2.16. The summed E-state index contributed by atoms with van der Waals surface area (Å²) in [5.41, 5.74) is 6.84. The van der Waals surface area contributed by atoms with Crippen molar-refractivity contribution < 1.29 is 33.2 Å². The molecule has 0 radical (unpaired) electrons. The summed E-state index contributed by atoms with van der Waals surface area (Å²) in [5.74, 6) is -4.68. The van der Waals surface area contributed by atoms with E-state index in [0.717, 1.165) is 10.5 Å². The van der Waals surface area contributed by atoms with E-state index in [-0.39, 0.29) is 34.8 Å². The molecule has 15 nitrogen and oxygen atoms in total. The van der Waals surface area contributed by atoms with Crippen molar-refractivity contribution in [2.45, 2.75) is 19.5 Å². The van der Waals surface area contributed by atoms with Crippen molar-refractivity contribution in [2.24, 2.45) is 5.73 Å². The van der Waals surface area contributed by atoms with Crippen LogP contribution in [0.15, 0.2) is 62.3 Å². The van der Waals surface area contributed by atoms with Crippen molar-refractivity contribution in [1.29, 1.82) is 0 Å². The van der Waals surface area contributed by atoms with Crippen LogP contribution in [0.5, 0.6) is 0 Å². The fraction of sp³-hybridized carbons (Fsp3) is 0.120.